The van der Waals surface area contributed by atoms with Crippen molar-refractivity contribution in [3.8, 4) is 11.5 Å². The molecule has 0 fully saturated rings. The molecule has 16 heavy (non-hydrogen) atoms. The minimum absolute atomic E-state index is 0. The maximum absolute atomic E-state index is 5.19. The number of hydrogen-bond acceptors (Lipinski definition) is 4. The lowest BCUT2D eigenvalue weighted by Gasteiger charge is -2.08. The summed E-state index contributed by atoms with van der Waals surface area (Å²) in [6.07, 6.45) is 0. The maximum atomic E-state index is 5.19. The van der Waals surface area contributed by atoms with Crippen LogP contribution in [0.4, 0.5) is 0 Å². The standard InChI is InChI=1S/C11H14N2O2.ClH/c1-14-9-5-8(6-10(7-9)15-2)11-12-3-4-13-11;/h5-7H,3-4H2,1-2H3,(H,12,13);1H/p-1. The van der Waals surface area contributed by atoms with Gasteiger partial charge in [0.2, 0.25) is 0 Å². The smallest absolute Gasteiger partial charge is 0.128 e. The zero-order valence-corrected chi connectivity index (χ0v) is 10.0. The van der Waals surface area contributed by atoms with Crippen molar-refractivity contribution in [1.29, 1.82) is 0 Å². The highest BCUT2D eigenvalue weighted by Crippen LogP contribution is 2.22. The first-order chi connectivity index (χ1) is 7.33. The normalized spacial score (nSPS) is 13.5. The van der Waals surface area contributed by atoms with E-state index in [1.165, 1.54) is 0 Å². The number of methoxy groups -OCH3 is 2. The average Bonchev–Trinajstić information content (AvgIpc) is 2.81. The number of nitrogens with one attached hydrogen (secondary N) is 1. The molecule has 1 aromatic rings. The molecule has 1 N–H and O–H groups in total. The number of amidine groups is 1. The first-order valence-electron chi connectivity index (χ1n) is 4.85. The summed E-state index contributed by atoms with van der Waals surface area (Å²) in [6, 6.07) is 5.73. The number of rotatable bonds is 3. The molecule has 1 heterocycles. The van der Waals surface area contributed by atoms with Crippen molar-refractivity contribution in [3.63, 3.8) is 0 Å². The fraction of sp³-hybridized carbons (Fsp3) is 0.364. The summed E-state index contributed by atoms with van der Waals surface area (Å²) in [5.41, 5.74) is 1.00. The molecule has 0 saturated heterocycles. The van der Waals surface area contributed by atoms with Crippen LogP contribution in [0, 0.1) is 0 Å². The molecule has 0 bridgehead atoms. The van der Waals surface area contributed by atoms with Crippen molar-refractivity contribution in [1.82, 2.24) is 5.32 Å². The Balaban J connectivity index is 0.00000128. The molecule has 5 heteroatoms. The molecule has 0 unspecified atom stereocenters. The van der Waals surface area contributed by atoms with Crippen LogP contribution >= 0.6 is 0 Å². The van der Waals surface area contributed by atoms with Crippen LogP contribution in [0.2, 0.25) is 0 Å². The van der Waals surface area contributed by atoms with E-state index >= 15 is 0 Å². The number of aliphatic imine (C=N–C) groups is 1. The predicted octanol–water partition coefficient (Wildman–Crippen LogP) is -1.94. The van der Waals surface area contributed by atoms with Gasteiger partial charge in [-0.15, -0.1) is 0 Å². The van der Waals surface area contributed by atoms with E-state index in [4.69, 9.17) is 9.47 Å². The molecule has 4 nitrogen and oxygen atoms in total. The topological polar surface area (TPSA) is 42.9 Å². The quantitative estimate of drug-likeness (QED) is 0.670. The summed E-state index contributed by atoms with van der Waals surface area (Å²) in [5, 5.41) is 3.21. The molecule has 0 radical (unpaired) electrons. The first-order valence-corrected chi connectivity index (χ1v) is 4.85. The second-order valence-corrected chi connectivity index (χ2v) is 3.26. The Bertz CT molecular complexity index is 371. The Kier molecular flexibility index (Phi) is 4.43. The highest BCUT2D eigenvalue weighted by Gasteiger charge is 2.10. The SMILES string of the molecule is COc1cc(OC)cc(C2=NCCN2)c1.[Cl-]. The number of ether oxygens (including phenoxy) is 2. The van der Waals surface area contributed by atoms with Crippen LogP contribution in [-0.4, -0.2) is 33.1 Å². The van der Waals surface area contributed by atoms with Crippen molar-refractivity contribution < 1.29 is 21.9 Å². The van der Waals surface area contributed by atoms with Gasteiger partial charge in [-0.1, -0.05) is 0 Å². The van der Waals surface area contributed by atoms with E-state index in [1.54, 1.807) is 14.2 Å². The van der Waals surface area contributed by atoms with Crippen LogP contribution in [0.15, 0.2) is 23.2 Å². The average molecular weight is 242 g/mol. The third kappa shape index (κ3) is 2.58. The van der Waals surface area contributed by atoms with Crippen molar-refractivity contribution >= 4 is 5.84 Å². The molecular weight excluding hydrogens is 228 g/mol. The number of nitrogens with zero attached hydrogens (tertiary/aromatic N) is 1. The molecule has 88 valence electrons. The highest BCUT2D eigenvalue weighted by atomic mass is 35.5. The van der Waals surface area contributed by atoms with Gasteiger partial charge >= 0.3 is 0 Å². The molecule has 0 atom stereocenters. The van der Waals surface area contributed by atoms with Crippen LogP contribution in [0.25, 0.3) is 0 Å². The van der Waals surface area contributed by atoms with E-state index in [-0.39, 0.29) is 12.4 Å². The summed E-state index contributed by atoms with van der Waals surface area (Å²) in [4.78, 5) is 4.35. The Morgan fingerprint density at radius 1 is 1.12 bits per heavy atom. The van der Waals surface area contributed by atoms with Gasteiger partial charge in [-0.05, 0) is 12.1 Å². The molecule has 1 aliphatic rings. The van der Waals surface area contributed by atoms with Gasteiger partial charge in [0.1, 0.15) is 17.3 Å². The van der Waals surface area contributed by atoms with Gasteiger partial charge in [0.25, 0.3) is 0 Å². The number of halogens is 1. The largest absolute Gasteiger partial charge is 1.00 e. The van der Waals surface area contributed by atoms with Gasteiger partial charge in [0.15, 0.2) is 0 Å². The summed E-state index contributed by atoms with van der Waals surface area (Å²) in [6.45, 7) is 1.73. The minimum Gasteiger partial charge on any atom is -1.00 e. The van der Waals surface area contributed by atoms with Crippen LogP contribution in [0.1, 0.15) is 5.56 Å². The molecule has 1 aliphatic heterocycles. The minimum atomic E-state index is 0. The van der Waals surface area contributed by atoms with Crippen LogP contribution in [0.5, 0.6) is 11.5 Å². The monoisotopic (exact) mass is 241 g/mol. The Morgan fingerprint density at radius 3 is 2.19 bits per heavy atom. The van der Waals surface area contributed by atoms with Crippen molar-refractivity contribution in [2.75, 3.05) is 27.3 Å². The third-order valence-electron chi connectivity index (χ3n) is 2.30. The first kappa shape index (κ1) is 12.6. The van der Waals surface area contributed by atoms with Gasteiger partial charge in [-0.3, -0.25) is 4.99 Å². The zero-order valence-electron chi connectivity index (χ0n) is 9.29. The fourth-order valence-electron chi connectivity index (χ4n) is 1.54. The lowest BCUT2D eigenvalue weighted by Crippen LogP contribution is -3.00. The van der Waals surface area contributed by atoms with Gasteiger partial charge in [-0.25, -0.2) is 0 Å². The van der Waals surface area contributed by atoms with Gasteiger partial charge in [0.05, 0.1) is 20.8 Å². The summed E-state index contributed by atoms with van der Waals surface area (Å²) in [7, 11) is 3.28. The molecule has 1 aromatic carbocycles. The van der Waals surface area contributed by atoms with E-state index in [9.17, 15) is 0 Å². The predicted molar refractivity (Wildman–Crippen MR) is 59.0 cm³/mol. The summed E-state index contributed by atoms with van der Waals surface area (Å²) < 4.78 is 10.4. The second kappa shape index (κ2) is 5.61. The van der Waals surface area contributed by atoms with Crippen molar-refractivity contribution in [2.45, 2.75) is 0 Å². The van der Waals surface area contributed by atoms with Gasteiger partial charge in [-0.2, -0.15) is 0 Å². The van der Waals surface area contributed by atoms with E-state index in [0.717, 1.165) is 36.0 Å². The van der Waals surface area contributed by atoms with Crippen LogP contribution in [0.3, 0.4) is 0 Å². The molecule has 2 rings (SSSR count). The van der Waals surface area contributed by atoms with E-state index in [0.29, 0.717) is 0 Å². The summed E-state index contributed by atoms with van der Waals surface area (Å²) >= 11 is 0. The van der Waals surface area contributed by atoms with Crippen molar-refractivity contribution in [2.24, 2.45) is 4.99 Å². The molecular formula is C11H14ClN2O2-. The Hall–Kier alpha value is -1.42. The Morgan fingerprint density at radius 2 is 1.75 bits per heavy atom. The van der Waals surface area contributed by atoms with Crippen LogP contribution in [-0.2, 0) is 0 Å². The lowest BCUT2D eigenvalue weighted by atomic mass is 10.2. The third-order valence-corrected chi connectivity index (χ3v) is 2.30. The lowest BCUT2D eigenvalue weighted by molar-refractivity contribution is -0.00000382. The molecule has 0 aliphatic carbocycles. The van der Waals surface area contributed by atoms with Gasteiger partial charge < -0.3 is 27.2 Å². The maximum Gasteiger partial charge on any atom is 0.128 e. The molecule has 0 aromatic heterocycles. The van der Waals surface area contributed by atoms with Gasteiger partial charge in [0, 0.05) is 18.2 Å². The number of benzene rings is 1. The molecule has 0 saturated carbocycles. The summed E-state index contributed by atoms with van der Waals surface area (Å²) in [5.74, 6) is 2.47. The highest BCUT2D eigenvalue weighted by molar-refractivity contribution is 6.00. The van der Waals surface area contributed by atoms with Crippen LogP contribution < -0.4 is 27.2 Å². The zero-order chi connectivity index (χ0) is 10.7. The van der Waals surface area contributed by atoms with E-state index < -0.39 is 0 Å². The van der Waals surface area contributed by atoms with Crippen molar-refractivity contribution in [3.05, 3.63) is 23.8 Å². The van der Waals surface area contributed by atoms with E-state index in [1.807, 2.05) is 18.2 Å². The molecule has 0 spiro atoms. The molecule has 0 amide bonds. The fourth-order valence-corrected chi connectivity index (χ4v) is 1.54. The Labute approximate surface area is 101 Å². The van der Waals surface area contributed by atoms with E-state index in [2.05, 4.69) is 10.3 Å². The number of hydrogen-bond donors (Lipinski definition) is 1. The second-order valence-electron chi connectivity index (χ2n) is 3.26.